The van der Waals surface area contributed by atoms with E-state index in [4.69, 9.17) is 0 Å². The Hall–Kier alpha value is -1.99. The highest BCUT2D eigenvalue weighted by atomic mass is 32.2. The summed E-state index contributed by atoms with van der Waals surface area (Å²) in [7, 11) is 0. The molecule has 0 aliphatic carbocycles. The van der Waals surface area contributed by atoms with Crippen LogP contribution in [0.1, 0.15) is 11.1 Å². The Labute approximate surface area is 131 Å². The predicted octanol–water partition coefficient (Wildman–Crippen LogP) is 5.70. The van der Waals surface area contributed by atoms with E-state index < -0.39 is 0 Å². The molecule has 0 spiro atoms. The van der Waals surface area contributed by atoms with Crippen LogP contribution in [-0.4, -0.2) is 11.5 Å². The Kier molecular flexibility index (Phi) is 7.22. The lowest BCUT2D eigenvalue weighted by molar-refractivity contribution is 1.64. The van der Waals surface area contributed by atoms with Crippen LogP contribution in [0.15, 0.2) is 85.0 Å². The number of rotatable bonds is 7. The van der Waals surface area contributed by atoms with E-state index in [1.807, 2.05) is 23.9 Å². The van der Waals surface area contributed by atoms with Crippen molar-refractivity contribution >= 4 is 23.9 Å². The quantitative estimate of drug-likeness (QED) is 0.466. The van der Waals surface area contributed by atoms with Crippen molar-refractivity contribution in [2.24, 2.45) is 0 Å². The lowest BCUT2D eigenvalue weighted by atomic mass is 10.2. The topological polar surface area (TPSA) is 0 Å². The van der Waals surface area contributed by atoms with Crippen molar-refractivity contribution in [3.05, 3.63) is 96.1 Å². The fraction of sp³-hybridized carbons (Fsp3) is 0.100. The van der Waals surface area contributed by atoms with Crippen LogP contribution >= 0.6 is 11.8 Å². The van der Waals surface area contributed by atoms with Crippen LogP contribution in [0.25, 0.3) is 12.2 Å². The van der Waals surface area contributed by atoms with Gasteiger partial charge in [-0.15, -0.1) is 0 Å². The van der Waals surface area contributed by atoms with Crippen molar-refractivity contribution < 1.29 is 0 Å². The SMILES string of the molecule is C(/C=C/c1ccccc1)=C\CSC/C=C/c1ccccc1. The van der Waals surface area contributed by atoms with Crippen LogP contribution in [0, 0.1) is 0 Å². The van der Waals surface area contributed by atoms with Crippen molar-refractivity contribution in [1.29, 1.82) is 0 Å². The van der Waals surface area contributed by atoms with Gasteiger partial charge in [-0.05, 0) is 11.1 Å². The van der Waals surface area contributed by atoms with E-state index in [0.29, 0.717) is 0 Å². The zero-order valence-corrected chi connectivity index (χ0v) is 12.9. The second kappa shape index (κ2) is 9.84. The third kappa shape index (κ3) is 6.82. The fourth-order valence-corrected chi connectivity index (χ4v) is 2.43. The zero-order valence-electron chi connectivity index (χ0n) is 12.1. The first-order valence-electron chi connectivity index (χ1n) is 7.13. The number of allylic oxidation sites excluding steroid dienone is 2. The van der Waals surface area contributed by atoms with Gasteiger partial charge in [0, 0.05) is 11.5 Å². The van der Waals surface area contributed by atoms with Gasteiger partial charge in [0.25, 0.3) is 0 Å². The molecule has 0 N–H and O–H groups in total. The molecule has 0 saturated heterocycles. The van der Waals surface area contributed by atoms with Gasteiger partial charge in [-0.3, -0.25) is 0 Å². The van der Waals surface area contributed by atoms with Crippen LogP contribution in [0.4, 0.5) is 0 Å². The first-order chi connectivity index (χ1) is 10.4. The molecule has 2 aromatic rings. The van der Waals surface area contributed by atoms with Crippen molar-refractivity contribution in [3.8, 4) is 0 Å². The average Bonchev–Trinajstić information content (AvgIpc) is 2.55. The molecule has 2 rings (SSSR count). The summed E-state index contributed by atoms with van der Waals surface area (Å²) in [4.78, 5) is 0. The number of hydrogen-bond donors (Lipinski definition) is 0. The van der Waals surface area contributed by atoms with Gasteiger partial charge in [-0.2, -0.15) is 11.8 Å². The lowest BCUT2D eigenvalue weighted by Crippen LogP contribution is -1.75. The first-order valence-corrected chi connectivity index (χ1v) is 8.28. The maximum Gasteiger partial charge on any atom is 0.0119 e. The van der Waals surface area contributed by atoms with Crippen LogP contribution in [-0.2, 0) is 0 Å². The zero-order chi connectivity index (χ0) is 14.6. The Balaban J connectivity index is 1.60. The molecular formula is C20H20S. The molecule has 21 heavy (non-hydrogen) atoms. The molecule has 2 aromatic carbocycles. The molecule has 0 amide bonds. The molecular weight excluding hydrogens is 272 g/mol. The highest BCUT2D eigenvalue weighted by Gasteiger charge is 1.84. The van der Waals surface area contributed by atoms with Gasteiger partial charge in [0.2, 0.25) is 0 Å². The standard InChI is InChI=1S/C20H20S/c1-4-11-19(12-5-1)15-8-3-9-17-21-18-10-16-20-13-6-2-7-14-20/h1-16H,17-18H2/b9-3+,15-8+,16-10+. The number of benzene rings is 2. The Morgan fingerprint density at radius 3 is 1.86 bits per heavy atom. The average molecular weight is 292 g/mol. The fourth-order valence-electron chi connectivity index (χ4n) is 1.82. The number of hydrogen-bond acceptors (Lipinski definition) is 1. The third-order valence-corrected chi connectivity index (χ3v) is 3.73. The van der Waals surface area contributed by atoms with Crippen molar-refractivity contribution in [1.82, 2.24) is 0 Å². The normalized spacial score (nSPS) is 11.8. The molecule has 0 atom stereocenters. The summed E-state index contributed by atoms with van der Waals surface area (Å²) in [6.07, 6.45) is 12.9. The third-order valence-electron chi connectivity index (χ3n) is 2.87. The lowest BCUT2D eigenvalue weighted by Gasteiger charge is -1.92. The van der Waals surface area contributed by atoms with E-state index in [9.17, 15) is 0 Å². The van der Waals surface area contributed by atoms with Crippen LogP contribution in [0.3, 0.4) is 0 Å². The molecule has 0 radical (unpaired) electrons. The van der Waals surface area contributed by atoms with Gasteiger partial charge in [0.05, 0.1) is 0 Å². The van der Waals surface area contributed by atoms with E-state index in [0.717, 1.165) is 11.5 Å². The minimum Gasteiger partial charge on any atom is -0.154 e. The Morgan fingerprint density at radius 1 is 0.619 bits per heavy atom. The van der Waals surface area contributed by atoms with Crippen LogP contribution in [0.2, 0.25) is 0 Å². The molecule has 0 fully saturated rings. The molecule has 0 unspecified atom stereocenters. The summed E-state index contributed by atoms with van der Waals surface area (Å²) in [6.45, 7) is 0. The van der Waals surface area contributed by atoms with Gasteiger partial charge in [0.1, 0.15) is 0 Å². The maximum atomic E-state index is 2.22. The second-order valence-electron chi connectivity index (χ2n) is 4.55. The van der Waals surface area contributed by atoms with Gasteiger partial charge < -0.3 is 0 Å². The van der Waals surface area contributed by atoms with E-state index in [2.05, 4.69) is 85.0 Å². The molecule has 1 heteroatoms. The van der Waals surface area contributed by atoms with Crippen molar-refractivity contribution in [2.45, 2.75) is 0 Å². The van der Waals surface area contributed by atoms with E-state index >= 15 is 0 Å². The second-order valence-corrected chi connectivity index (χ2v) is 5.62. The largest absolute Gasteiger partial charge is 0.154 e. The van der Waals surface area contributed by atoms with Gasteiger partial charge in [-0.25, -0.2) is 0 Å². The summed E-state index contributed by atoms with van der Waals surface area (Å²) < 4.78 is 0. The van der Waals surface area contributed by atoms with Crippen LogP contribution in [0.5, 0.6) is 0 Å². The summed E-state index contributed by atoms with van der Waals surface area (Å²) in [6, 6.07) is 20.8. The molecule has 0 aromatic heterocycles. The van der Waals surface area contributed by atoms with E-state index in [1.165, 1.54) is 11.1 Å². The summed E-state index contributed by atoms with van der Waals surface area (Å²) >= 11 is 1.91. The van der Waals surface area contributed by atoms with E-state index in [-0.39, 0.29) is 0 Å². The van der Waals surface area contributed by atoms with E-state index in [1.54, 1.807) is 0 Å². The van der Waals surface area contributed by atoms with Gasteiger partial charge >= 0.3 is 0 Å². The Bertz CT molecular complexity index is 580. The van der Waals surface area contributed by atoms with Gasteiger partial charge in [-0.1, -0.05) is 97.1 Å². The highest BCUT2D eigenvalue weighted by Crippen LogP contribution is 2.06. The summed E-state index contributed by atoms with van der Waals surface area (Å²) in [5.74, 6) is 2.08. The smallest absolute Gasteiger partial charge is 0.0119 e. The summed E-state index contributed by atoms with van der Waals surface area (Å²) in [5, 5.41) is 0. The minimum atomic E-state index is 1.04. The molecule has 0 aliphatic rings. The maximum absolute atomic E-state index is 2.22. The summed E-state index contributed by atoms with van der Waals surface area (Å²) in [5.41, 5.74) is 2.50. The van der Waals surface area contributed by atoms with Gasteiger partial charge in [0.15, 0.2) is 0 Å². The van der Waals surface area contributed by atoms with Crippen molar-refractivity contribution in [3.63, 3.8) is 0 Å². The first kappa shape index (κ1) is 15.4. The molecule has 0 bridgehead atoms. The minimum absolute atomic E-state index is 1.04. The monoisotopic (exact) mass is 292 g/mol. The molecule has 0 aliphatic heterocycles. The van der Waals surface area contributed by atoms with Crippen molar-refractivity contribution in [2.75, 3.05) is 11.5 Å². The molecule has 0 saturated carbocycles. The number of thioether (sulfide) groups is 1. The highest BCUT2D eigenvalue weighted by molar-refractivity contribution is 7.99. The molecule has 0 heterocycles. The molecule has 106 valence electrons. The van der Waals surface area contributed by atoms with Crippen LogP contribution < -0.4 is 0 Å². The predicted molar refractivity (Wildman–Crippen MR) is 97.4 cm³/mol. The molecule has 0 nitrogen and oxygen atoms in total. The Morgan fingerprint density at radius 2 is 1.19 bits per heavy atom.